The third-order valence-electron chi connectivity index (χ3n) is 15.7. The fourth-order valence-electron chi connectivity index (χ4n) is 11.6. The van der Waals surface area contributed by atoms with Crippen molar-refractivity contribution in [1.82, 2.24) is 9.97 Å². The minimum absolute atomic E-state index is 0.150. The lowest BCUT2D eigenvalue weighted by molar-refractivity contribution is -0.135. The average Bonchev–Trinajstić information content (AvgIpc) is 3.30. The summed E-state index contributed by atoms with van der Waals surface area (Å²) >= 11 is 0. The molecule has 2 heterocycles. The van der Waals surface area contributed by atoms with Crippen LogP contribution in [0.4, 0.5) is 0 Å². The number of aromatic nitrogens is 2. The third kappa shape index (κ3) is 18.1. The van der Waals surface area contributed by atoms with Crippen LogP contribution in [0.2, 0.25) is 0 Å². The molecule has 0 atom stereocenters. The van der Waals surface area contributed by atoms with Crippen molar-refractivity contribution in [1.29, 1.82) is 0 Å². The summed E-state index contributed by atoms with van der Waals surface area (Å²) in [5.74, 6) is 8.70. The van der Waals surface area contributed by atoms with Gasteiger partial charge in [0.15, 0.2) is 0 Å². The molecule has 0 spiro atoms. The smallest absolute Gasteiger partial charge is 0.311 e. The Morgan fingerprint density at radius 3 is 1.10 bits per heavy atom. The molecule has 2 aromatic rings. The van der Waals surface area contributed by atoms with Gasteiger partial charge in [0.05, 0.1) is 12.4 Å². The molecule has 6 rings (SSSR count). The van der Waals surface area contributed by atoms with Crippen LogP contribution in [-0.4, -0.2) is 21.9 Å². The third-order valence-corrected chi connectivity index (χ3v) is 15.7. The molecule has 0 bridgehead atoms. The fraction of sp³-hybridized carbons (Fsp3) is 0.782. The summed E-state index contributed by atoms with van der Waals surface area (Å²) in [6.45, 7) is 8.81. The number of aryl methyl sites for hydroxylation is 2. The molecule has 4 fully saturated rings. The minimum Gasteiger partial charge on any atom is -0.425 e. The Hall–Kier alpha value is -2.76. The molecule has 2 aromatic heterocycles. The maximum absolute atomic E-state index is 11.7. The van der Waals surface area contributed by atoms with Crippen LogP contribution in [0.15, 0.2) is 36.7 Å². The van der Waals surface area contributed by atoms with Gasteiger partial charge in [-0.15, -0.1) is 0 Å². The van der Waals surface area contributed by atoms with E-state index >= 15 is 0 Å². The lowest BCUT2D eigenvalue weighted by Gasteiger charge is -2.38. The maximum Gasteiger partial charge on any atom is 0.311 e. The van der Waals surface area contributed by atoms with Gasteiger partial charge in [-0.3, -0.25) is 19.6 Å². The number of hydrogen-bond acceptors (Lipinski definition) is 6. The Balaban J connectivity index is 0.000000231. The summed E-state index contributed by atoms with van der Waals surface area (Å²) < 4.78 is 10.7. The molecule has 0 amide bonds. The number of rotatable bonds is 21. The molecule has 0 unspecified atom stereocenters. The number of ether oxygens (including phenoxy) is 2. The Morgan fingerprint density at radius 2 is 0.787 bits per heavy atom. The second-order valence-electron chi connectivity index (χ2n) is 20.3. The van der Waals surface area contributed by atoms with Gasteiger partial charge < -0.3 is 9.47 Å². The summed E-state index contributed by atoms with van der Waals surface area (Å²) in [4.78, 5) is 32.5. The normalized spacial score (nSPS) is 26.8. The van der Waals surface area contributed by atoms with Gasteiger partial charge in [-0.2, -0.15) is 0 Å². The van der Waals surface area contributed by atoms with Crippen LogP contribution in [0, 0.1) is 47.3 Å². The molecule has 4 aliphatic carbocycles. The van der Waals surface area contributed by atoms with Gasteiger partial charge in [0.1, 0.15) is 11.5 Å². The van der Waals surface area contributed by atoms with Crippen LogP contribution < -0.4 is 9.47 Å². The van der Waals surface area contributed by atoms with Crippen LogP contribution >= 0.6 is 0 Å². The number of carbonyl (C=O) groups is 2. The predicted molar refractivity (Wildman–Crippen MR) is 252 cm³/mol. The summed E-state index contributed by atoms with van der Waals surface area (Å²) in [5, 5.41) is 0. The largest absolute Gasteiger partial charge is 0.425 e. The molecule has 0 saturated heterocycles. The standard InChI is InChI=1S/C28H45NO2.C27H43NO2/c1-3-5-7-22-9-14-24(15-10-22)25-16-11-23(12-17-25)13-18-26-19-20-27(21-29-26)31-28(30)8-6-4-2;1-3-5-7-27(29)30-26-19-18-25(28-20-26)17-12-22-10-15-24(16-11-22)23-13-8-21(6-4-2)9-14-23/h19-25H,3-18H2,1-2H3;18-24H,3-17H2,1-2H3. The Labute approximate surface area is 373 Å². The van der Waals surface area contributed by atoms with Crippen molar-refractivity contribution in [2.45, 2.75) is 227 Å². The van der Waals surface area contributed by atoms with Crippen LogP contribution in [-0.2, 0) is 22.4 Å². The van der Waals surface area contributed by atoms with Crippen LogP contribution in [0.3, 0.4) is 0 Å². The average molecular weight is 841 g/mol. The molecule has 342 valence electrons. The first-order chi connectivity index (χ1) is 29.8. The monoisotopic (exact) mass is 841 g/mol. The quantitative estimate of drug-likeness (QED) is 0.117. The molecule has 0 radical (unpaired) electrons. The number of hydrogen-bond donors (Lipinski definition) is 0. The number of carbonyl (C=O) groups excluding carboxylic acids is 2. The summed E-state index contributed by atoms with van der Waals surface area (Å²) in [7, 11) is 0. The number of unbranched alkanes of at least 4 members (excludes halogenated alkanes) is 3. The van der Waals surface area contributed by atoms with Crippen molar-refractivity contribution in [3.05, 3.63) is 48.0 Å². The zero-order valence-corrected chi connectivity index (χ0v) is 39.5. The molecule has 61 heavy (non-hydrogen) atoms. The van der Waals surface area contributed by atoms with Gasteiger partial charge in [-0.1, -0.05) is 124 Å². The maximum atomic E-state index is 11.7. The van der Waals surface area contributed by atoms with E-state index in [9.17, 15) is 9.59 Å². The van der Waals surface area contributed by atoms with Gasteiger partial charge in [0.25, 0.3) is 0 Å². The van der Waals surface area contributed by atoms with E-state index in [0.29, 0.717) is 24.3 Å². The van der Waals surface area contributed by atoms with Crippen LogP contribution in [0.25, 0.3) is 0 Å². The zero-order chi connectivity index (χ0) is 43.1. The van der Waals surface area contributed by atoms with Crippen molar-refractivity contribution in [2.24, 2.45) is 47.3 Å². The fourth-order valence-corrected chi connectivity index (χ4v) is 11.6. The SMILES string of the molecule is CCCCC(=O)Oc1ccc(CCC2CCC(C3CCC(CCC)CC3)CC2)nc1.CCCCC(=O)Oc1ccc(CCC2CCC(C3CCC(CCCC)CC3)CC2)nc1. The summed E-state index contributed by atoms with van der Waals surface area (Å²) in [5.41, 5.74) is 2.25. The molecule has 0 aliphatic heterocycles. The second kappa shape index (κ2) is 28.1. The van der Waals surface area contributed by atoms with Gasteiger partial charge in [0, 0.05) is 24.2 Å². The lowest BCUT2D eigenvalue weighted by Crippen LogP contribution is -2.26. The first-order valence-electron chi connectivity index (χ1n) is 26.2. The van der Waals surface area contributed by atoms with E-state index in [1.807, 2.05) is 24.3 Å². The highest BCUT2D eigenvalue weighted by Gasteiger charge is 2.32. The number of esters is 2. The highest BCUT2D eigenvalue weighted by Crippen LogP contribution is 2.44. The lowest BCUT2D eigenvalue weighted by atomic mass is 9.68. The van der Waals surface area contributed by atoms with Crippen LogP contribution in [0.1, 0.15) is 225 Å². The van der Waals surface area contributed by atoms with Crippen molar-refractivity contribution < 1.29 is 19.1 Å². The van der Waals surface area contributed by atoms with E-state index in [1.54, 1.807) is 12.4 Å². The van der Waals surface area contributed by atoms with E-state index in [0.717, 1.165) is 97.3 Å². The predicted octanol–water partition coefficient (Wildman–Crippen LogP) is 15.4. The highest BCUT2D eigenvalue weighted by atomic mass is 16.5. The van der Waals surface area contributed by atoms with Gasteiger partial charge in [0.2, 0.25) is 0 Å². The van der Waals surface area contributed by atoms with Crippen molar-refractivity contribution in [2.75, 3.05) is 0 Å². The first-order valence-corrected chi connectivity index (χ1v) is 26.2. The summed E-state index contributed by atoms with van der Waals surface area (Å²) in [6.07, 6.45) is 43.3. The van der Waals surface area contributed by atoms with Gasteiger partial charge in [-0.25, -0.2) is 0 Å². The molecule has 0 aromatic carbocycles. The Bertz CT molecular complexity index is 1460. The summed E-state index contributed by atoms with van der Waals surface area (Å²) in [6, 6.07) is 7.87. The molecular weight excluding hydrogens is 753 g/mol. The molecule has 4 aliphatic rings. The van der Waals surface area contributed by atoms with E-state index in [1.165, 1.54) is 148 Å². The van der Waals surface area contributed by atoms with Crippen LogP contribution in [0.5, 0.6) is 11.5 Å². The zero-order valence-electron chi connectivity index (χ0n) is 39.5. The topological polar surface area (TPSA) is 78.4 Å². The van der Waals surface area contributed by atoms with Crippen molar-refractivity contribution in [3.63, 3.8) is 0 Å². The molecule has 6 nitrogen and oxygen atoms in total. The van der Waals surface area contributed by atoms with E-state index in [-0.39, 0.29) is 11.9 Å². The Kier molecular flexibility index (Phi) is 22.7. The highest BCUT2D eigenvalue weighted by molar-refractivity contribution is 5.72. The van der Waals surface area contributed by atoms with Gasteiger partial charge in [-0.05, 0) is 162 Å². The van der Waals surface area contributed by atoms with E-state index in [4.69, 9.17) is 9.47 Å². The first kappa shape index (κ1) is 49.3. The van der Waals surface area contributed by atoms with Gasteiger partial charge >= 0.3 is 11.9 Å². The molecule has 4 saturated carbocycles. The van der Waals surface area contributed by atoms with Crippen molar-refractivity contribution >= 4 is 11.9 Å². The molecule has 0 N–H and O–H groups in total. The molecule has 6 heteroatoms. The van der Waals surface area contributed by atoms with Crippen molar-refractivity contribution in [3.8, 4) is 11.5 Å². The Morgan fingerprint density at radius 1 is 0.443 bits per heavy atom. The number of pyridine rings is 2. The van der Waals surface area contributed by atoms with E-state index in [2.05, 4.69) is 37.7 Å². The number of nitrogens with zero attached hydrogens (tertiary/aromatic N) is 2. The minimum atomic E-state index is -0.151. The van der Waals surface area contributed by atoms with E-state index < -0.39 is 0 Å². The molecular formula is C55H88N2O4. The second-order valence-corrected chi connectivity index (χ2v) is 20.3.